The molecule has 2 aromatic carbocycles. The predicted molar refractivity (Wildman–Crippen MR) is 56.5 cm³/mol. The molecular weight excluding hydrogens is 176 g/mol. The number of methoxy groups -OCH3 is 1. The molecule has 0 aliphatic carbocycles. The molecule has 0 unspecified atom stereocenters. The summed E-state index contributed by atoms with van der Waals surface area (Å²) in [6.07, 6.45) is 0. The van der Waals surface area contributed by atoms with Crippen molar-refractivity contribution in [2.45, 2.75) is 13.8 Å². The molecule has 0 radical (unpaired) electrons. The molecule has 2 aromatic rings. The van der Waals surface area contributed by atoms with E-state index in [-0.39, 0.29) is 5.43 Å². The summed E-state index contributed by atoms with van der Waals surface area (Å²) < 4.78 is 5.21. The summed E-state index contributed by atoms with van der Waals surface area (Å²) in [6, 6.07) is 5.87. The van der Waals surface area contributed by atoms with E-state index in [2.05, 4.69) is 0 Å². The number of rotatable bonds is 2. The van der Waals surface area contributed by atoms with E-state index in [4.69, 9.17) is 4.74 Å². The zero-order valence-electron chi connectivity index (χ0n) is 8.55. The molecule has 0 spiro atoms. The summed E-state index contributed by atoms with van der Waals surface area (Å²) in [4.78, 5) is 11.3. The smallest absolute Gasteiger partial charge is 0.190 e. The maximum Gasteiger partial charge on any atom is 0.190 e. The first-order chi connectivity index (χ1) is 6.65. The van der Waals surface area contributed by atoms with E-state index >= 15 is 0 Å². The molecule has 2 heteroatoms. The first kappa shape index (κ1) is 9.00. The van der Waals surface area contributed by atoms with Crippen LogP contribution in [0.15, 0.2) is 23.0 Å². The van der Waals surface area contributed by atoms with Crippen LogP contribution in [0.4, 0.5) is 0 Å². The van der Waals surface area contributed by atoms with Crippen molar-refractivity contribution in [3.8, 4) is 16.9 Å². The third-order valence-electron chi connectivity index (χ3n) is 2.50. The third kappa shape index (κ3) is 1.23. The van der Waals surface area contributed by atoms with Crippen molar-refractivity contribution in [1.82, 2.24) is 0 Å². The highest BCUT2D eigenvalue weighted by Gasteiger charge is 2.22. The van der Waals surface area contributed by atoms with Gasteiger partial charge in [0.15, 0.2) is 5.43 Å². The Bertz CT molecular complexity index is 488. The molecule has 72 valence electrons. The summed E-state index contributed by atoms with van der Waals surface area (Å²) in [5.41, 5.74) is 3.91. The van der Waals surface area contributed by atoms with Gasteiger partial charge in [-0.25, -0.2) is 0 Å². The Balaban J connectivity index is 2.57. The average molecular weight is 188 g/mol. The molecule has 0 N–H and O–H groups in total. The van der Waals surface area contributed by atoms with Crippen molar-refractivity contribution in [2.24, 2.45) is 0 Å². The third-order valence-corrected chi connectivity index (χ3v) is 2.50. The normalized spacial score (nSPS) is 10.8. The van der Waals surface area contributed by atoms with Gasteiger partial charge >= 0.3 is 0 Å². The Morgan fingerprint density at radius 2 is 1.86 bits per heavy atom. The molecule has 0 bridgehead atoms. The Labute approximate surface area is 82.8 Å². The molecule has 0 aliphatic heterocycles. The minimum Gasteiger partial charge on any atom is -0.496 e. The molecule has 0 heterocycles. The van der Waals surface area contributed by atoms with Gasteiger partial charge in [-0.3, -0.25) is 4.79 Å². The number of aryl methyl sites for hydroxylation is 1. The zero-order chi connectivity index (χ0) is 10.3. The molecule has 0 aliphatic rings. The van der Waals surface area contributed by atoms with E-state index in [0.717, 1.165) is 28.0 Å². The van der Waals surface area contributed by atoms with Gasteiger partial charge < -0.3 is 4.74 Å². The maximum atomic E-state index is 11.3. The fraction of sp³-hybridized carbons (Fsp3) is 0.250. The average Bonchev–Trinajstić information content (AvgIpc) is 2.75. The van der Waals surface area contributed by atoms with Crippen molar-refractivity contribution in [3.05, 3.63) is 39.5 Å². The van der Waals surface area contributed by atoms with Gasteiger partial charge in [-0.2, -0.15) is 0 Å². The fourth-order valence-electron chi connectivity index (χ4n) is 1.60. The summed E-state index contributed by atoms with van der Waals surface area (Å²) in [5, 5.41) is 0. The van der Waals surface area contributed by atoms with Crippen molar-refractivity contribution in [1.29, 1.82) is 0 Å². The Kier molecular flexibility index (Phi) is 1.92. The minimum atomic E-state index is 0.161. The van der Waals surface area contributed by atoms with Crippen molar-refractivity contribution < 1.29 is 4.74 Å². The SMILES string of the molecule is COc1ccc(C)cc1-c1c(C)c1=O. The molecule has 2 rings (SSSR count). The van der Waals surface area contributed by atoms with Crippen LogP contribution >= 0.6 is 0 Å². The quantitative estimate of drug-likeness (QED) is 0.722. The zero-order valence-corrected chi connectivity index (χ0v) is 8.55. The number of hydrogen-bond acceptors (Lipinski definition) is 2. The van der Waals surface area contributed by atoms with E-state index < -0.39 is 0 Å². The van der Waals surface area contributed by atoms with E-state index in [0.29, 0.717) is 0 Å². The van der Waals surface area contributed by atoms with Crippen LogP contribution in [0.1, 0.15) is 11.1 Å². The van der Waals surface area contributed by atoms with Crippen molar-refractivity contribution in [3.63, 3.8) is 0 Å². The molecule has 2 nitrogen and oxygen atoms in total. The summed E-state index contributed by atoms with van der Waals surface area (Å²) in [5.74, 6) is 0.774. The van der Waals surface area contributed by atoms with Gasteiger partial charge in [0.2, 0.25) is 0 Å². The highest BCUT2D eigenvalue weighted by Crippen LogP contribution is 2.33. The number of ether oxygens (including phenoxy) is 1. The Hall–Kier alpha value is -1.57. The molecule has 0 aromatic heterocycles. The Morgan fingerprint density at radius 1 is 1.21 bits per heavy atom. The van der Waals surface area contributed by atoms with Crippen LogP contribution in [-0.2, 0) is 0 Å². The van der Waals surface area contributed by atoms with Crippen LogP contribution < -0.4 is 10.2 Å². The molecular formula is C12H12O2. The molecule has 0 fully saturated rings. The second kappa shape index (κ2) is 2.98. The number of benzene rings is 1. The van der Waals surface area contributed by atoms with Crippen LogP contribution in [0.2, 0.25) is 0 Å². The van der Waals surface area contributed by atoms with Crippen LogP contribution in [0.3, 0.4) is 0 Å². The van der Waals surface area contributed by atoms with Gasteiger partial charge in [0, 0.05) is 16.7 Å². The topological polar surface area (TPSA) is 26.3 Å². The fourth-order valence-corrected chi connectivity index (χ4v) is 1.60. The van der Waals surface area contributed by atoms with Gasteiger partial charge in [0.25, 0.3) is 0 Å². The van der Waals surface area contributed by atoms with Gasteiger partial charge in [0.1, 0.15) is 5.75 Å². The molecule has 14 heavy (non-hydrogen) atoms. The summed E-state index contributed by atoms with van der Waals surface area (Å²) in [7, 11) is 1.62. The lowest BCUT2D eigenvalue weighted by atomic mass is 10.1. The molecule has 0 amide bonds. The van der Waals surface area contributed by atoms with Gasteiger partial charge in [0.05, 0.1) is 7.11 Å². The lowest BCUT2D eigenvalue weighted by Crippen LogP contribution is -1.88. The lowest BCUT2D eigenvalue weighted by molar-refractivity contribution is 0.416. The van der Waals surface area contributed by atoms with E-state index in [1.165, 1.54) is 0 Å². The van der Waals surface area contributed by atoms with Crippen LogP contribution in [0.5, 0.6) is 5.75 Å². The largest absolute Gasteiger partial charge is 0.496 e. The van der Waals surface area contributed by atoms with Crippen LogP contribution in [0, 0.1) is 13.8 Å². The first-order valence-electron chi connectivity index (χ1n) is 4.55. The minimum absolute atomic E-state index is 0.161. The van der Waals surface area contributed by atoms with Crippen LogP contribution in [0.25, 0.3) is 11.1 Å². The van der Waals surface area contributed by atoms with Crippen molar-refractivity contribution >= 4 is 0 Å². The second-order valence-electron chi connectivity index (χ2n) is 3.53. The van der Waals surface area contributed by atoms with Crippen molar-refractivity contribution in [2.75, 3.05) is 7.11 Å². The predicted octanol–water partition coefficient (Wildman–Crippen LogP) is 2.21. The van der Waals surface area contributed by atoms with E-state index in [1.807, 2.05) is 32.0 Å². The summed E-state index contributed by atoms with van der Waals surface area (Å²) >= 11 is 0. The number of hydrogen-bond donors (Lipinski definition) is 0. The first-order valence-corrected chi connectivity index (χ1v) is 4.55. The highest BCUT2D eigenvalue weighted by atomic mass is 16.5. The second-order valence-corrected chi connectivity index (χ2v) is 3.53. The van der Waals surface area contributed by atoms with Gasteiger partial charge in [-0.1, -0.05) is 11.6 Å². The highest BCUT2D eigenvalue weighted by molar-refractivity contribution is 5.80. The van der Waals surface area contributed by atoms with E-state index in [9.17, 15) is 4.79 Å². The van der Waals surface area contributed by atoms with Gasteiger partial charge in [-0.05, 0) is 26.0 Å². The maximum absolute atomic E-state index is 11.3. The van der Waals surface area contributed by atoms with Gasteiger partial charge in [-0.15, -0.1) is 0 Å². The molecule has 0 saturated carbocycles. The van der Waals surface area contributed by atoms with Crippen LogP contribution in [-0.4, -0.2) is 7.11 Å². The van der Waals surface area contributed by atoms with E-state index in [1.54, 1.807) is 7.11 Å². The standard InChI is InChI=1S/C12H12O2/c1-7-4-5-10(14-3)9(6-7)11-8(2)12(11)13/h4-6H,1-3H3. The summed E-state index contributed by atoms with van der Waals surface area (Å²) in [6.45, 7) is 3.85. The molecule has 0 saturated heterocycles. The molecule has 0 atom stereocenters. The monoisotopic (exact) mass is 188 g/mol. The Morgan fingerprint density at radius 3 is 2.36 bits per heavy atom. The lowest BCUT2D eigenvalue weighted by Gasteiger charge is -2.05.